The van der Waals surface area contributed by atoms with Crippen LogP contribution in [-0.4, -0.2) is 16.2 Å². The molecular weight excluding hydrogens is 260 g/mol. The molecule has 0 bridgehead atoms. The predicted molar refractivity (Wildman–Crippen MR) is 60.5 cm³/mol. The highest BCUT2D eigenvalue weighted by Crippen LogP contribution is 2.26. The molecule has 2 unspecified atom stereocenters. The molecule has 0 saturated carbocycles. The Morgan fingerprint density at radius 1 is 1.53 bits per heavy atom. The van der Waals surface area contributed by atoms with E-state index in [0.717, 1.165) is 4.47 Å². The standard InChI is InChI=1S/C11H13BrO3/c1-2-9(11(14)15)10(13)7-4-3-5-8(12)6-7/h3-6,9-10,13H,2H2,1H3,(H,14,15). The number of hydrogen-bond acceptors (Lipinski definition) is 2. The number of aliphatic hydroxyl groups excluding tert-OH is 1. The lowest BCUT2D eigenvalue weighted by Crippen LogP contribution is -2.21. The molecular formula is C11H13BrO3. The van der Waals surface area contributed by atoms with Gasteiger partial charge in [0.15, 0.2) is 0 Å². The van der Waals surface area contributed by atoms with Crippen molar-refractivity contribution in [2.24, 2.45) is 5.92 Å². The number of carboxylic acids is 1. The van der Waals surface area contributed by atoms with Crippen molar-refractivity contribution in [3.63, 3.8) is 0 Å². The lowest BCUT2D eigenvalue weighted by molar-refractivity contribution is -0.146. The first-order chi connectivity index (χ1) is 7.06. The fourth-order valence-corrected chi connectivity index (χ4v) is 1.87. The number of aliphatic hydroxyl groups is 1. The summed E-state index contributed by atoms with van der Waals surface area (Å²) in [7, 11) is 0. The van der Waals surface area contributed by atoms with Crippen LogP contribution in [0.25, 0.3) is 0 Å². The summed E-state index contributed by atoms with van der Waals surface area (Å²) in [5, 5.41) is 18.8. The third-order valence-electron chi connectivity index (χ3n) is 2.33. The van der Waals surface area contributed by atoms with E-state index in [-0.39, 0.29) is 0 Å². The van der Waals surface area contributed by atoms with Gasteiger partial charge in [-0.05, 0) is 24.1 Å². The van der Waals surface area contributed by atoms with E-state index in [1.807, 2.05) is 6.07 Å². The van der Waals surface area contributed by atoms with Gasteiger partial charge in [0.25, 0.3) is 0 Å². The van der Waals surface area contributed by atoms with Crippen LogP contribution in [-0.2, 0) is 4.79 Å². The van der Waals surface area contributed by atoms with E-state index in [1.54, 1.807) is 25.1 Å². The van der Waals surface area contributed by atoms with Crippen molar-refractivity contribution < 1.29 is 15.0 Å². The fourth-order valence-electron chi connectivity index (χ4n) is 1.46. The van der Waals surface area contributed by atoms with E-state index in [1.165, 1.54) is 0 Å². The van der Waals surface area contributed by atoms with E-state index in [9.17, 15) is 9.90 Å². The van der Waals surface area contributed by atoms with Crippen LogP contribution < -0.4 is 0 Å². The first-order valence-electron chi connectivity index (χ1n) is 4.72. The summed E-state index contributed by atoms with van der Waals surface area (Å²) in [5.74, 6) is -1.72. The number of hydrogen-bond donors (Lipinski definition) is 2. The minimum absolute atomic E-state index is 0.406. The van der Waals surface area contributed by atoms with E-state index >= 15 is 0 Å². The first-order valence-corrected chi connectivity index (χ1v) is 5.52. The first kappa shape index (κ1) is 12.2. The van der Waals surface area contributed by atoms with E-state index in [0.29, 0.717) is 12.0 Å². The summed E-state index contributed by atoms with van der Waals surface area (Å²) >= 11 is 3.28. The lowest BCUT2D eigenvalue weighted by Gasteiger charge is -2.17. The van der Waals surface area contributed by atoms with Crippen LogP contribution in [0.1, 0.15) is 25.0 Å². The van der Waals surface area contributed by atoms with E-state index in [4.69, 9.17) is 5.11 Å². The van der Waals surface area contributed by atoms with Crippen LogP contribution in [0, 0.1) is 5.92 Å². The molecule has 2 N–H and O–H groups in total. The van der Waals surface area contributed by atoms with Gasteiger partial charge in [0.2, 0.25) is 0 Å². The number of carboxylic acid groups (broad SMARTS) is 1. The molecule has 4 heteroatoms. The van der Waals surface area contributed by atoms with Gasteiger partial charge >= 0.3 is 5.97 Å². The van der Waals surface area contributed by atoms with Crippen LogP contribution in [0.4, 0.5) is 0 Å². The van der Waals surface area contributed by atoms with Gasteiger partial charge in [0.05, 0.1) is 12.0 Å². The minimum Gasteiger partial charge on any atom is -0.481 e. The molecule has 0 amide bonds. The highest BCUT2D eigenvalue weighted by atomic mass is 79.9. The van der Waals surface area contributed by atoms with E-state index in [2.05, 4.69) is 15.9 Å². The van der Waals surface area contributed by atoms with Crippen molar-refractivity contribution in [2.45, 2.75) is 19.4 Å². The number of carbonyl (C=O) groups is 1. The third-order valence-corrected chi connectivity index (χ3v) is 2.82. The van der Waals surface area contributed by atoms with Gasteiger partial charge in [0, 0.05) is 4.47 Å². The van der Waals surface area contributed by atoms with Crippen LogP contribution >= 0.6 is 15.9 Å². The Kier molecular flexibility index (Phi) is 4.29. The van der Waals surface area contributed by atoms with Crippen molar-refractivity contribution in [1.29, 1.82) is 0 Å². The summed E-state index contributed by atoms with van der Waals surface area (Å²) < 4.78 is 0.833. The summed E-state index contributed by atoms with van der Waals surface area (Å²) in [5.41, 5.74) is 0.624. The number of aliphatic carboxylic acids is 1. The second kappa shape index (κ2) is 5.28. The Morgan fingerprint density at radius 2 is 2.20 bits per heavy atom. The van der Waals surface area contributed by atoms with Crippen LogP contribution in [0.3, 0.4) is 0 Å². The number of benzene rings is 1. The molecule has 3 nitrogen and oxygen atoms in total. The number of rotatable bonds is 4. The number of halogens is 1. The van der Waals surface area contributed by atoms with Gasteiger partial charge in [-0.2, -0.15) is 0 Å². The van der Waals surface area contributed by atoms with Crippen molar-refractivity contribution >= 4 is 21.9 Å². The molecule has 0 aliphatic carbocycles. The molecule has 15 heavy (non-hydrogen) atoms. The fraction of sp³-hybridized carbons (Fsp3) is 0.364. The Balaban J connectivity index is 2.92. The SMILES string of the molecule is CCC(C(=O)O)C(O)c1cccc(Br)c1. The highest BCUT2D eigenvalue weighted by Gasteiger charge is 2.25. The normalized spacial score (nSPS) is 14.6. The third kappa shape index (κ3) is 3.04. The zero-order valence-corrected chi connectivity index (χ0v) is 9.94. The second-order valence-electron chi connectivity index (χ2n) is 3.35. The Morgan fingerprint density at radius 3 is 2.67 bits per heavy atom. The van der Waals surface area contributed by atoms with Gasteiger partial charge in [-0.1, -0.05) is 35.0 Å². The topological polar surface area (TPSA) is 57.5 Å². The largest absolute Gasteiger partial charge is 0.481 e. The second-order valence-corrected chi connectivity index (χ2v) is 4.27. The molecule has 0 fully saturated rings. The molecule has 0 radical (unpaired) electrons. The maximum Gasteiger partial charge on any atom is 0.309 e. The molecule has 0 aromatic heterocycles. The Bertz CT molecular complexity index is 351. The molecule has 0 saturated heterocycles. The maximum atomic E-state index is 10.9. The van der Waals surface area contributed by atoms with Gasteiger partial charge in [-0.25, -0.2) is 0 Å². The quantitative estimate of drug-likeness (QED) is 0.886. The molecule has 0 aliphatic heterocycles. The van der Waals surface area contributed by atoms with Gasteiger partial charge < -0.3 is 10.2 Å². The van der Waals surface area contributed by atoms with E-state index < -0.39 is 18.0 Å². The lowest BCUT2D eigenvalue weighted by atomic mass is 9.94. The van der Waals surface area contributed by atoms with Crippen LogP contribution in [0.5, 0.6) is 0 Å². The van der Waals surface area contributed by atoms with Crippen molar-refractivity contribution in [2.75, 3.05) is 0 Å². The molecule has 0 spiro atoms. The monoisotopic (exact) mass is 272 g/mol. The van der Waals surface area contributed by atoms with Gasteiger partial charge in [-0.3, -0.25) is 4.79 Å². The van der Waals surface area contributed by atoms with Crippen LogP contribution in [0.2, 0.25) is 0 Å². The zero-order valence-electron chi connectivity index (χ0n) is 8.35. The molecule has 1 aromatic rings. The van der Waals surface area contributed by atoms with Gasteiger partial charge in [0.1, 0.15) is 0 Å². The van der Waals surface area contributed by atoms with Gasteiger partial charge in [-0.15, -0.1) is 0 Å². The Labute approximate surface area is 96.9 Å². The summed E-state index contributed by atoms with van der Waals surface area (Å²) in [6.45, 7) is 1.75. The molecule has 0 heterocycles. The molecule has 0 aliphatic rings. The predicted octanol–water partition coefficient (Wildman–Crippen LogP) is 2.59. The van der Waals surface area contributed by atoms with Crippen molar-refractivity contribution in [3.8, 4) is 0 Å². The molecule has 1 aromatic carbocycles. The summed E-state index contributed by atoms with van der Waals surface area (Å²) in [6, 6.07) is 7.06. The average Bonchev–Trinajstić information content (AvgIpc) is 2.18. The zero-order chi connectivity index (χ0) is 11.4. The Hall–Kier alpha value is -0.870. The minimum atomic E-state index is -0.968. The van der Waals surface area contributed by atoms with Crippen molar-refractivity contribution in [3.05, 3.63) is 34.3 Å². The van der Waals surface area contributed by atoms with Crippen molar-refractivity contribution in [1.82, 2.24) is 0 Å². The average molecular weight is 273 g/mol. The molecule has 2 atom stereocenters. The highest BCUT2D eigenvalue weighted by molar-refractivity contribution is 9.10. The molecule has 1 rings (SSSR count). The molecule has 82 valence electrons. The summed E-state index contributed by atoms with van der Waals surface area (Å²) in [6.07, 6.45) is -0.548. The smallest absolute Gasteiger partial charge is 0.309 e. The summed E-state index contributed by atoms with van der Waals surface area (Å²) in [4.78, 5) is 10.9. The maximum absolute atomic E-state index is 10.9. The van der Waals surface area contributed by atoms with Crippen LogP contribution in [0.15, 0.2) is 28.7 Å².